The number of carbonyl (C=O) groups is 2. The minimum atomic E-state index is -0.869. The van der Waals surface area contributed by atoms with Crippen molar-refractivity contribution in [1.82, 2.24) is 15.2 Å². The number of nitrogens with zero attached hydrogens (tertiary/aromatic N) is 2. The van der Waals surface area contributed by atoms with Crippen molar-refractivity contribution in [1.29, 1.82) is 0 Å². The van der Waals surface area contributed by atoms with E-state index in [0.29, 0.717) is 23.6 Å². The standard InChI is InChI=1S/C30H29N3O4/c1-36-26-16-14-23(15-17-26)21-33(28(34)22-37-27-12-6-3-7-13-27)29(25-10-4-2-5-11-25)30(35)32-20-24-9-8-18-31-19-24/h2-19,29H,20-22H2,1H3,(H,32,35). The Morgan fingerprint density at radius 1 is 0.838 bits per heavy atom. The fraction of sp³-hybridized carbons (Fsp3) is 0.167. The van der Waals surface area contributed by atoms with Crippen LogP contribution in [0.4, 0.5) is 0 Å². The molecule has 7 heteroatoms. The number of carbonyl (C=O) groups excluding carboxylic acids is 2. The van der Waals surface area contributed by atoms with Gasteiger partial charge in [0.25, 0.3) is 5.91 Å². The van der Waals surface area contributed by atoms with Crippen LogP contribution in [0.2, 0.25) is 0 Å². The van der Waals surface area contributed by atoms with E-state index in [1.165, 1.54) is 0 Å². The van der Waals surface area contributed by atoms with Crippen LogP contribution in [0, 0.1) is 0 Å². The SMILES string of the molecule is COc1ccc(CN(C(=O)COc2ccccc2)C(C(=O)NCc2cccnc2)c2ccccc2)cc1. The van der Waals surface area contributed by atoms with Crippen molar-refractivity contribution in [2.45, 2.75) is 19.1 Å². The molecule has 0 aliphatic carbocycles. The number of pyridine rings is 1. The number of methoxy groups -OCH3 is 1. The second-order valence-electron chi connectivity index (χ2n) is 8.36. The Bertz CT molecular complexity index is 1270. The summed E-state index contributed by atoms with van der Waals surface area (Å²) in [7, 11) is 1.60. The van der Waals surface area contributed by atoms with Crippen LogP contribution in [0.5, 0.6) is 11.5 Å². The molecule has 4 aromatic rings. The zero-order chi connectivity index (χ0) is 25.9. The van der Waals surface area contributed by atoms with Gasteiger partial charge >= 0.3 is 0 Å². The molecule has 0 aliphatic heterocycles. The number of aromatic nitrogens is 1. The number of ether oxygens (including phenoxy) is 2. The smallest absolute Gasteiger partial charge is 0.261 e. The molecule has 0 saturated heterocycles. The lowest BCUT2D eigenvalue weighted by Crippen LogP contribution is -2.45. The Labute approximate surface area is 216 Å². The number of hydrogen-bond acceptors (Lipinski definition) is 5. The van der Waals surface area contributed by atoms with Crippen molar-refractivity contribution < 1.29 is 19.1 Å². The van der Waals surface area contributed by atoms with Crippen LogP contribution in [0.1, 0.15) is 22.7 Å². The highest BCUT2D eigenvalue weighted by Gasteiger charge is 2.31. The van der Waals surface area contributed by atoms with Crippen molar-refractivity contribution >= 4 is 11.8 Å². The first-order valence-corrected chi connectivity index (χ1v) is 12.0. The fourth-order valence-electron chi connectivity index (χ4n) is 3.89. The molecular weight excluding hydrogens is 466 g/mol. The normalized spacial score (nSPS) is 11.3. The third-order valence-corrected chi connectivity index (χ3v) is 5.80. The van der Waals surface area contributed by atoms with Crippen molar-refractivity contribution in [3.05, 3.63) is 126 Å². The first-order chi connectivity index (χ1) is 18.1. The maximum Gasteiger partial charge on any atom is 0.261 e. The van der Waals surface area contributed by atoms with Gasteiger partial charge in [0.1, 0.15) is 17.5 Å². The maximum absolute atomic E-state index is 13.6. The average molecular weight is 496 g/mol. The zero-order valence-electron chi connectivity index (χ0n) is 20.6. The summed E-state index contributed by atoms with van der Waals surface area (Å²) in [5, 5.41) is 2.98. The molecule has 2 amide bonds. The Balaban J connectivity index is 1.63. The number of rotatable bonds is 11. The van der Waals surface area contributed by atoms with E-state index in [0.717, 1.165) is 11.1 Å². The number of amides is 2. The molecule has 1 atom stereocenters. The van der Waals surface area contributed by atoms with Gasteiger partial charge in [-0.25, -0.2) is 0 Å². The molecule has 1 aromatic heterocycles. The fourth-order valence-corrected chi connectivity index (χ4v) is 3.89. The molecule has 0 aliphatic rings. The summed E-state index contributed by atoms with van der Waals surface area (Å²) < 4.78 is 11.0. The molecule has 188 valence electrons. The van der Waals surface area contributed by atoms with Gasteiger partial charge in [0.2, 0.25) is 5.91 Å². The quantitative estimate of drug-likeness (QED) is 0.330. The Morgan fingerprint density at radius 3 is 2.19 bits per heavy atom. The molecule has 0 saturated carbocycles. The van der Waals surface area contributed by atoms with Gasteiger partial charge in [0, 0.05) is 25.5 Å². The second-order valence-corrected chi connectivity index (χ2v) is 8.36. The Hall–Kier alpha value is -4.65. The molecule has 3 aromatic carbocycles. The number of benzene rings is 3. The second kappa shape index (κ2) is 12.9. The summed E-state index contributed by atoms with van der Waals surface area (Å²) in [5.41, 5.74) is 2.42. The summed E-state index contributed by atoms with van der Waals surface area (Å²) in [6, 6.07) is 28.7. The van der Waals surface area contributed by atoms with Gasteiger partial charge in [-0.3, -0.25) is 14.6 Å². The molecule has 0 spiro atoms. The Kier molecular flexibility index (Phi) is 8.86. The highest BCUT2D eigenvalue weighted by Crippen LogP contribution is 2.25. The van der Waals surface area contributed by atoms with Gasteiger partial charge in [-0.2, -0.15) is 0 Å². The summed E-state index contributed by atoms with van der Waals surface area (Å²) in [6.45, 7) is 0.293. The highest BCUT2D eigenvalue weighted by molar-refractivity contribution is 5.89. The van der Waals surface area contributed by atoms with Crippen LogP contribution >= 0.6 is 0 Å². The van der Waals surface area contributed by atoms with Gasteiger partial charge in [-0.05, 0) is 47.0 Å². The van der Waals surface area contributed by atoms with Crippen LogP contribution in [-0.4, -0.2) is 35.4 Å². The van der Waals surface area contributed by atoms with Crippen LogP contribution in [0.25, 0.3) is 0 Å². The van der Waals surface area contributed by atoms with Crippen molar-refractivity contribution in [3.8, 4) is 11.5 Å². The predicted octanol–water partition coefficient (Wildman–Crippen LogP) is 4.56. The lowest BCUT2D eigenvalue weighted by Gasteiger charge is -2.31. The molecule has 0 bridgehead atoms. The average Bonchev–Trinajstić information content (AvgIpc) is 2.96. The maximum atomic E-state index is 13.6. The van der Waals surface area contributed by atoms with E-state index in [1.807, 2.05) is 84.9 Å². The third-order valence-electron chi connectivity index (χ3n) is 5.80. The third kappa shape index (κ3) is 7.18. The summed E-state index contributed by atoms with van der Waals surface area (Å²) in [5.74, 6) is 0.682. The zero-order valence-corrected chi connectivity index (χ0v) is 20.6. The number of para-hydroxylation sites is 1. The van der Waals surface area contributed by atoms with Gasteiger partial charge in [0.15, 0.2) is 6.61 Å². The van der Waals surface area contributed by atoms with Crippen molar-refractivity contribution in [2.24, 2.45) is 0 Å². The Morgan fingerprint density at radius 2 is 1.54 bits per heavy atom. The topological polar surface area (TPSA) is 80.8 Å². The van der Waals surface area contributed by atoms with Crippen LogP contribution in [-0.2, 0) is 22.7 Å². The summed E-state index contributed by atoms with van der Waals surface area (Å²) in [6.07, 6.45) is 3.38. The first kappa shape index (κ1) is 25.4. The molecule has 1 heterocycles. The highest BCUT2D eigenvalue weighted by atomic mass is 16.5. The van der Waals surface area contributed by atoms with E-state index in [2.05, 4.69) is 10.3 Å². The minimum Gasteiger partial charge on any atom is -0.497 e. The first-order valence-electron chi connectivity index (χ1n) is 12.0. The van der Waals surface area contributed by atoms with E-state index < -0.39 is 6.04 Å². The lowest BCUT2D eigenvalue weighted by atomic mass is 10.0. The van der Waals surface area contributed by atoms with E-state index in [1.54, 1.807) is 36.5 Å². The van der Waals surface area contributed by atoms with Crippen LogP contribution in [0.15, 0.2) is 109 Å². The number of hydrogen-bond donors (Lipinski definition) is 1. The number of nitrogens with one attached hydrogen (secondary N) is 1. The van der Waals surface area contributed by atoms with Gasteiger partial charge in [-0.1, -0.05) is 66.7 Å². The van der Waals surface area contributed by atoms with Crippen molar-refractivity contribution in [2.75, 3.05) is 13.7 Å². The van der Waals surface area contributed by atoms with E-state index in [9.17, 15) is 9.59 Å². The lowest BCUT2D eigenvalue weighted by molar-refractivity contribution is -0.143. The van der Waals surface area contributed by atoms with Crippen LogP contribution in [0.3, 0.4) is 0 Å². The minimum absolute atomic E-state index is 0.209. The molecule has 1 N–H and O–H groups in total. The van der Waals surface area contributed by atoms with E-state index in [4.69, 9.17) is 9.47 Å². The predicted molar refractivity (Wildman–Crippen MR) is 141 cm³/mol. The molecule has 1 unspecified atom stereocenters. The van der Waals surface area contributed by atoms with E-state index in [-0.39, 0.29) is 25.0 Å². The molecule has 4 rings (SSSR count). The molecular formula is C30H29N3O4. The summed E-state index contributed by atoms with van der Waals surface area (Å²) >= 11 is 0. The largest absolute Gasteiger partial charge is 0.497 e. The molecule has 0 fully saturated rings. The molecule has 37 heavy (non-hydrogen) atoms. The molecule has 0 radical (unpaired) electrons. The monoisotopic (exact) mass is 495 g/mol. The van der Waals surface area contributed by atoms with Gasteiger partial charge < -0.3 is 19.7 Å². The van der Waals surface area contributed by atoms with Crippen molar-refractivity contribution in [3.63, 3.8) is 0 Å². The molecule has 7 nitrogen and oxygen atoms in total. The van der Waals surface area contributed by atoms with Crippen LogP contribution < -0.4 is 14.8 Å². The van der Waals surface area contributed by atoms with Gasteiger partial charge in [0.05, 0.1) is 7.11 Å². The summed E-state index contributed by atoms with van der Waals surface area (Å²) in [4.78, 5) is 32.9. The van der Waals surface area contributed by atoms with E-state index >= 15 is 0 Å². The van der Waals surface area contributed by atoms with Gasteiger partial charge in [-0.15, -0.1) is 0 Å².